The van der Waals surface area contributed by atoms with Gasteiger partial charge in [0.1, 0.15) is 4.90 Å². The van der Waals surface area contributed by atoms with Gasteiger partial charge >= 0.3 is 0 Å². The number of carbonyl (C=O) groups is 1. The minimum atomic E-state index is -3.71. The number of halogens is 1. The van der Waals surface area contributed by atoms with Crippen LogP contribution in [0.15, 0.2) is 51.8 Å². The minimum absolute atomic E-state index is 0.145. The second-order valence-electron chi connectivity index (χ2n) is 4.48. The zero-order chi connectivity index (χ0) is 15.6. The summed E-state index contributed by atoms with van der Waals surface area (Å²) in [5.41, 5.74) is 6.75. The van der Waals surface area contributed by atoms with E-state index in [1.54, 1.807) is 12.1 Å². The number of hydrogen-bond acceptors (Lipinski definition) is 3. The molecule has 0 spiro atoms. The molecule has 5 nitrogen and oxygen atoms in total. The molecule has 0 unspecified atom stereocenters. The highest BCUT2D eigenvalue weighted by atomic mass is 79.9. The molecule has 0 atom stereocenters. The molecule has 0 fully saturated rings. The summed E-state index contributed by atoms with van der Waals surface area (Å²) in [5.74, 6) is -0.564. The first-order valence-corrected chi connectivity index (χ1v) is 8.26. The number of nitrogens with two attached hydrogens (primary N) is 1. The molecule has 0 heterocycles. The Kier molecular flexibility index (Phi) is 4.34. The van der Waals surface area contributed by atoms with Crippen molar-refractivity contribution in [1.29, 1.82) is 0 Å². The van der Waals surface area contributed by atoms with E-state index in [0.29, 0.717) is 15.7 Å². The van der Waals surface area contributed by atoms with Crippen LogP contribution in [0.1, 0.15) is 15.9 Å². The van der Waals surface area contributed by atoms with Gasteiger partial charge in [-0.05, 0) is 64.8 Å². The maximum atomic E-state index is 12.3. The van der Waals surface area contributed by atoms with Crippen LogP contribution in [0.25, 0.3) is 0 Å². The molecule has 0 bridgehead atoms. The van der Waals surface area contributed by atoms with E-state index < -0.39 is 15.9 Å². The lowest BCUT2D eigenvalue weighted by molar-refractivity contribution is 0.100. The number of amides is 1. The molecule has 0 saturated heterocycles. The number of nitrogens with one attached hydrogen (secondary N) is 1. The highest BCUT2D eigenvalue weighted by molar-refractivity contribution is 9.10. The Morgan fingerprint density at radius 2 is 1.76 bits per heavy atom. The Balaban J connectivity index is 2.30. The molecule has 7 heteroatoms. The molecule has 1 amide bonds. The van der Waals surface area contributed by atoms with Gasteiger partial charge in [0.25, 0.3) is 10.0 Å². The maximum absolute atomic E-state index is 12.3. The lowest BCUT2D eigenvalue weighted by atomic mass is 10.2. The number of aryl methyl sites for hydroxylation is 1. The van der Waals surface area contributed by atoms with Crippen molar-refractivity contribution < 1.29 is 13.2 Å². The molecule has 110 valence electrons. The number of benzene rings is 2. The van der Waals surface area contributed by atoms with Crippen molar-refractivity contribution in [2.24, 2.45) is 5.73 Å². The van der Waals surface area contributed by atoms with Crippen LogP contribution in [-0.4, -0.2) is 14.3 Å². The van der Waals surface area contributed by atoms with Crippen LogP contribution in [0, 0.1) is 6.92 Å². The third-order valence-electron chi connectivity index (χ3n) is 2.80. The number of rotatable bonds is 4. The van der Waals surface area contributed by atoms with E-state index in [2.05, 4.69) is 20.7 Å². The summed E-state index contributed by atoms with van der Waals surface area (Å²) in [6.07, 6.45) is 0. The molecule has 2 aromatic rings. The van der Waals surface area contributed by atoms with Gasteiger partial charge in [-0.2, -0.15) is 0 Å². The normalized spacial score (nSPS) is 11.1. The van der Waals surface area contributed by atoms with Gasteiger partial charge in [-0.15, -0.1) is 0 Å². The molecule has 3 N–H and O–H groups in total. The first-order chi connectivity index (χ1) is 9.79. The van der Waals surface area contributed by atoms with E-state index in [1.807, 2.05) is 6.92 Å². The molecular formula is C14H13BrN2O3S. The molecule has 0 aliphatic rings. The average Bonchev–Trinajstić information content (AvgIpc) is 2.38. The van der Waals surface area contributed by atoms with Crippen LogP contribution < -0.4 is 10.5 Å². The zero-order valence-corrected chi connectivity index (χ0v) is 13.5. The molecular weight excluding hydrogens is 356 g/mol. The molecule has 0 saturated carbocycles. The van der Waals surface area contributed by atoms with Gasteiger partial charge in [-0.25, -0.2) is 8.42 Å². The summed E-state index contributed by atoms with van der Waals surface area (Å²) < 4.78 is 27.6. The molecule has 0 aromatic heterocycles. The van der Waals surface area contributed by atoms with Gasteiger partial charge in [0, 0.05) is 15.7 Å². The van der Waals surface area contributed by atoms with Crippen LogP contribution in [0.2, 0.25) is 0 Å². The van der Waals surface area contributed by atoms with Crippen molar-refractivity contribution in [1.82, 2.24) is 0 Å². The second kappa shape index (κ2) is 5.87. The first-order valence-electron chi connectivity index (χ1n) is 5.98. The van der Waals surface area contributed by atoms with Gasteiger partial charge in [0.05, 0.1) is 0 Å². The largest absolute Gasteiger partial charge is 0.366 e. The number of carbonyl (C=O) groups excluding carboxylic acids is 1. The second-order valence-corrected chi connectivity index (χ2v) is 6.99. The maximum Gasteiger partial charge on any atom is 0.263 e. The topological polar surface area (TPSA) is 89.3 Å². The summed E-state index contributed by atoms with van der Waals surface area (Å²) in [6.45, 7) is 1.87. The third-order valence-corrected chi connectivity index (χ3v) is 5.16. The van der Waals surface area contributed by atoms with E-state index in [0.717, 1.165) is 5.56 Å². The Morgan fingerprint density at radius 1 is 1.14 bits per heavy atom. The number of sulfonamides is 1. The lowest BCUT2D eigenvalue weighted by Gasteiger charge is -2.10. The SMILES string of the molecule is Cc1ccc(S(=O)(=O)Nc2ccc(C(N)=O)cc2)c(Br)c1. The quantitative estimate of drug-likeness (QED) is 0.868. The van der Waals surface area contributed by atoms with Crippen LogP contribution in [0.5, 0.6) is 0 Å². The predicted octanol–water partition coefficient (Wildman–Crippen LogP) is 2.66. The summed E-state index contributed by atoms with van der Waals surface area (Å²) in [5, 5.41) is 0. The van der Waals surface area contributed by atoms with Crippen LogP contribution >= 0.6 is 15.9 Å². The lowest BCUT2D eigenvalue weighted by Crippen LogP contribution is -2.14. The third kappa shape index (κ3) is 3.62. The zero-order valence-electron chi connectivity index (χ0n) is 11.1. The van der Waals surface area contributed by atoms with Crippen molar-refractivity contribution >= 4 is 37.5 Å². The minimum Gasteiger partial charge on any atom is -0.366 e. The Labute approximate surface area is 131 Å². The Bertz CT molecular complexity index is 786. The summed E-state index contributed by atoms with van der Waals surface area (Å²) in [6, 6.07) is 10.9. The van der Waals surface area contributed by atoms with E-state index >= 15 is 0 Å². The fourth-order valence-electron chi connectivity index (χ4n) is 1.74. The Morgan fingerprint density at radius 3 is 2.29 bits per heavy atom. The van der Waals surface area contributed by atoms with Gasteiger partial charge < -0.3 is 5.73 Å². The molecule has 0 aliphatic carbocycles. The predicted molar refractivity (Wildman–Crippen MR) is 84.6 cm³/mol. The molecule has 0 aliphatic heterocycles. The Hall–Kier alpha value is -1.86. The fraction of sp³-hybridized carbons (Fsp3) is 0.0714. The first kappa shape index (κ1) is 15.5. The van der Waals surface area contributed by atoms with E-state index in [9.17, 15) is 13.2 Å². The number of anilines is 1. The van der Waals surface area contributed by atoms with Crippen LogP contribution in [0.3, 0.4) is 0 Å². The van der Waals surface area contributed by atoms with E-state index in [1.165, 1.54) is 30.3 Å². The van der Waals surface area contributed by atoms with Crippen molar-refractivity contribution in [3.05, 3.63) is 58.1 Å². The number of hydrogen-bond donors (Lipinski definition) is 2. The van der Waals surface area contributed by atoms with Gasteiger partial charge in [0.15, 0.2) is 0 Å². The summed E-state index contributed by atoms with van der Waals surface area (Å²) in [7, 11) is -3.71. The monoisotopic (exact) mass is 368 g/mol. The smallest absolute Gasteiger partial charge is 0.263 e. The summed E-state index contributed by atoms with van der Waals surface area (Å²) in [4.78, 5) is 11.1. The van der Waals surface area contributed by atoms with Crippen molar-refractivity contribution in [3.63, 3.8) is 0 Å². The van der Waals surface area contributed by atoms with Crippen LogP contribution in [-0.2, 0) is 10.0 Å². The standard InChI is InChI=1S/C14H13BrN2O3S/c1-9-2-7-13(12(15)8-9)21(19,20)17-11-5-3-10(4-6-11)14(16)18/h2-8,17H,1H3,(H2,16,18). The highest BCUT2D eigenvalue weighted by Crippen LogP contribution is 2.25. The van der Waals surface area contributed by atoms with E-state index in [-0.39, 0.29) is 4.90 Å². The molecule has 2 rings (SSSR count). The molecule has 0 radical (unpaired) electrons. The number of primary amides is 1. The molecule has 2 aromatic carbocycles. The molecule has 21 heavy (non-hydrogen) atoms. The van der Waals surface area contributed by atoms with Gasteiger partial charge in [0.2, 0.25) is 5.91 Å². The highest BCUT2D eigenvalue weighted by Gasteiger charge is 2.17. The van der Waals surface area contributed by atoms with Gasteiger partial charge in [-0.3, -0.25) is 9.52 Å². The van der Waals surface area contributed by atoms with Gasteiger partial charge in [-0.1, -0.05) is 6.07 Å². The van der Waals surface area contributed by atoms with Crippen molar-refractivity contribution in [2.75, 3.05) is 4.72 Å². The summed E-state index contributed by atoms with van der Waals surface area (Å²) >= 11 is 3.25. The average molecular weight is 369 g/mol. The van der Waals surface area contributed by atoms with Crippen molar-refractivity contribution in [2.45, 2.75) is 11.8 Å². The fourth-order valence-corrected chi connectivity index (χ4v) is 3.99. The van der Waals surface area contributed by atoms with E-state index in [4.69, 9.17) is 5.73 Å². The van der Waals surface area contributed by atoms with Crippen molar-refractivity contribution in [3.8, 4) is 0 Å². The van der Waals surface area contributed by atoms with Crippen LogP contribution in [0.4, 0.5) is 5.69 Å².